The van der Waals surface area contributed by atoms with Gasteiger partial charge in [-0.3, -0.25) is 4.98 Å². The topological polar surface area (TPSA) is 41.7 Å². The Morgan fingerprint density at radius 3 is 3.00 bits per heavy atom. The van der Waals surface area contributed by atoms with Crippen LogP contribution in [0.2, 0.25) is 0 Å². The molecule has 82 valence electrons. The van der Waals surface area contributed by atoms with Gasteiger partial charge >= 0.3 is 0 Å². The Balaban J connectivity index is 2.52. The van der Waals surface area contributed by atoms with Crippen molar-refractivity contribution in [1.82, 2.24) is 9.55 Å². The first-order chi connectivity index (χ1) is 8.31. The van der Waals surface area contributed by atoms with E-state index < -0.39 is 0 Å². The summed E-state index contributed by atoms with van der Waals surface area (Å²) in [6, 6.07) is 10.4. The third-order valence-corrected chi connectivity index (χ3v) is 3.05. The first-order valence-corrected chi connectivity index (χ1v) is 5.64. The molecule has 0 amide bonds. The van der Waals surface area contributed by atoms with E-state index in [9.17, 15) is 0 Å². The summed E-state index contributed by atoms with van der Waals surface area (Å²) in [5.74, 6) is 0. The lowest BCUT2D eigenvalue weighted by Gasteiger charge is -2.02. The lowest BCUT2D eigenvalue weighted by atomic mass is 9.95. The molecule has 0 aliphatic heterocycles. The number of hydrogen-bond donors (Lipinski definition) is 1. The number of pyridine rings is 1. The van der Waals surface area contributed by atoms with Crippen molar-refractivity contribution in [3.05, 3.63) is 36.5 Å². The smallest absolute Gasteiger partial charge is 0.139 e. The Bertz CT molecular complexity index is 715. The first kappa shape index (κ1) is 10.1. The van der Waals surface area contributed by atoms with Gasteiger partial charge in [-0.2, -0.15) is 0 Å². The average Bonchev–Trinajstić information content (AvgIpc) is 2.65. The summed E-state index contributed by atoms with van der Waals surface area (Å²) in [6.07, 6.45) is 3.24. The van der Waals surface area contributed by atoms with Gasteiger partial charge in [0.2, 0.25) is 0 Å². The van der Waals surface area contributed by atoms with Crippen molar-refractivity contribution in [2.45, 2.75) is 6.54 Å². The van der Waals surface area contributed by atoms with Crippen molar-refractivity contribution in [2.75, 3.05) is 0 Å². The quantitative estimate of drug-likeness (QED) is 0.511. The predicted octanol–water partition coefficient (Wildman–Crippen LogP) is 1.10. The van der Waals surface area contributed by atoms with Gasteiger partial charge in [0.05, 0.1) is 23.1 Å². The molecule has 0 saturated heterocycles. The number of rotatable bonds is 2. The average molecular weight is 221 g/mol. The van der Waals surface area contributed by atoms with E-state index in [1.807, 2.05) is 12.3 Å². The molecule has 3 aromatic rings. The van der Waals surface area contributed by atoms with E-state index in [0.29, 0.717) is 6.54 Å². The number of aromatic nitrogens is 2. The van der Waals surface area contributed by atoms with E-state index in [1.54, 1.807) is 0 Å². The third-order valence-electron chi connectivity index (χ3n) is 3.05. The number of nitrogens with one attached hydrogen (secondary N) is 1. The summed E-state index contributed by atoms with van der Waals surface area (Å²) in [5, 5.41) is 8.47. The van der Waals surface area contributed by atoms with Crippen LogP contribution >= 0.6 is 0 Å². The van der Waals surface area contributed by atoms with Crippen LogP contribution in [0, 0.1) is 5.41 Å². The van der Waals surface area contributed by atoms with E-state index in [0.717, 1.165) is 16.6 Å². The molecule has 4 heteroatoms. The fraction of sp³-hybridized carbons (Fsp3) is 0.0769. The van der Waals surface area contributed by atoms with Crippen LogP contribution in [0.4, 0.5) is 0 Å². The number of fused-ring (bicyclic) bond motifs is 3. The molecular weight excluding hydrogens is 209 g/mol. The Morgan fingerprint density at radius 1 is 1.29 bits per heavy atom. The van der Waals surface area contributed by atoms with Crippen LogP contribution in [0.3, 0.4) is 0 Å². The standard InChI is InChI=1S/C13H12BN3/c14-9-3-4-11-10(8-9)13-12(2-1-6-16-13)17(11)7-5-15/h1-6,8,15H,7,14H2. The largest absolute Gasteiger partial charge is 0.334 e. The van der Waals surface area contributed by atoms with Crippen molar-refractivity contribution in [1.29, 1.82) is 5.41 Å². The van der Waals surface area contributed by atoms with Gasteiger partial charge in [-0.15, -0.1) is 0 Å². The Morgan fingerprint density at radius 2 is 2.18 bits per heavy atom. The van der Waals surface area contributed by atoms with Crippen LogP contribution in [0.15, 0.2) is 36.5 Å². The summed E-state index contributed by atoms with van der Waals surface area (Å²) in [7, 11) is 2.09. The molecule has 0 aliphatic carbocycles. The maximum Gasteiger partial charge on any atom is 0.139 e. The van der Waals surface area contributed by atoms with Gasteiger partial charge in [0.1, 0.15) is 7.85 Å². The van der Waals surface area contributed by atoms with E-state index >= 15 is 0 Å². The fourth-order valence-electron chi connectivity index (χ4n) is 2.31. The summed E-state index contributed by atoms with van der Waals surface area (Å²) in [5.41, 5.74) is 4.49. The zero-order valence-corrected chi connectivity index (χ0v) is 9.64. The highest BCUT2D eigenvalue weighted by molar-refractivity contribution is 6.33. The number of benzene rings is 1. The molecule has 2 aromatic heterocycles. The van der Waals surface area contributed by atoms with Crippen LogP contribution in [-0.4, -0.2) is 23.6 Å². The zero-order chi connectivity index (χ0) is 11.8. The molecule has 1 aromatic carbocycles. The highest BCUT2D eigenvalue weighted by Gasteiger charge is 2.09. The molecule has 0 unspecified atom stereocenters. The van der Waals surface area contributed by atoms with Crippen molar-refractivity contribution >= 4 is 41.5 Å². The third kappa shape index (κ3) is 1.45. The molecule has 0 saturated carbocycles. The van der Waals surface area contributed by atoms with Crippen molar-refractivity contribution < 1.29 is 0 Å². The molecule has 3 rings (SSSR count). The molecule has 0 spiro atoms. The van der Waals surface area contributed by atoms with Gasteiger partial charge in [0.25, 0.3) is 0 Å². The monoisotopic (exact) mass is 221 g/mol. The zero-order valence-electron chi connectivity index (χ0n) is 9.64. The second-order valence-corrected chi connectivity index (χ2v) is 4.21. The molecule has 0 radical (unpaired) electrons. The molecular formula is C13H12BN3. The minimum atomic E-state index is 0.592. The lowest BCUT2D eigenvalue weighted by molar-refractivity contribution is 0.944. The molecule has 1 N–H and O–H groups in total. The summed E-state index contributed by atoms with van der Waals surface area (Å²) in [6.45, 7) is 0.592. The van der Waals surface area contributed by atoms with E-state index in [1.165, 1.54) is 17.1 Å². The van der Waals surface area contributed by atoms with Crippen molar-refractivity contribution in [2.24, 2.45) is 0 Å². The fourth-order valence-corrected chi connectivity index (χ4v) is 2.31. The molecule has 17 heavy (non-hydrogen) atoms. The summed E-state index contributed by atoms with van der Waals surface area (Å²) < 4.78 is 2.13. The molecule has 0 aliphatic rings. The van der Waals surface area contributed by atoms with E-state index in [-0.39, 0.29) is 0 Å². The maximum absolute atomic E-state index is 7.31. The van der Waals surface area contributed by atoms with Crippen LogP contribution in [0.1, 0.15) is 0 Å². The van der Waals surface area contributed by atoms with Crippen molar-refractivity contribution in [3.63, 3.8) is 0 Å². The lowest BCUT2D eigenvalue weighted by Crippen LogP contribution is -2.01. The van der Waals surface area contributed by atoms with Crippen LogP contribution in [-0.2, 0) is 6.54 Å². The number of hydrogen-bond acceptors (Lipinski definition) is 2. The van der Waals surface area contributed by atoms with E-state index in [4.69, 9.17) is 5.41 Å². The highest BCUT2D eigenvalue weighted by Crippen LogP contribution is 2.25. The molecule has 0 bridgehead atoms. The first-order valence-electron chi connectivity index (χ1n) is 5.64. The molecule has 2 heterocycles. The molecule has 3 nitrogen and oxygen atoms in total. The van der Waals surface area contributed by atoms with Crippen LogP contribution < -0.4 is 5.46 Å². The normalized spacial score (nSPS) is 11.1. The summed E-state index contributed by atoms with van der Waals surface area (Å²) in [4.78, 5) is 4.46. The molecule has 0 atom stereocenters. The summed E-state index contributed by atoms with van der Waals surface area (Å²) >= 11 is 0. The minimum absolute atomic E-state index is 0.592. The van der Waals surface area contributed by atoms with Gasteiger partial charge in [-0.1, -0.05) is 17.6 Å². The SMILES string of the molecule is Bc1ccc2c(c1)c1ncccc1n2CC=N. The Kier molecular flexibility index (Phi) is 2.21. The van der Waals surface area contributed by atoms with Gasteiger partial charge in [-0.05, 0) is 18.2 Å². The maximum atomic E-state index is 7.31. The van der Waals surface area contributed by atoms with Crippen LogP contribution in [0.5, 0.6) is 0 Å². The predicted molar refractivity (Wildman–Crippen MR) is 74.2 cm³/mol. The second kappa shape index (κ2) is 3.73. The highest BCUT2D eigenvalue weighted by atomic mass is 15.0. The number of nitrogens with zero attached hydrogens (tertiary/aromatic N) is 2. The van der Waals surface area contributed by atoms with Gasteiger partial charge in [-0.25, -0.2) is 0 Å². The van der Waals surface area contributed by atoms with Gasteiger partial charge < -0.3 is 9.98 Å². The minimum Gasteiger partial charge on any atom is -0.334 e. The second-order valence-electron chi connectivity index (χ2n) is 4.21. The molecule has 0 fully saturated rings. The Hall–Kier alpha value is -2.10. The van der Waals surface area contributed by atoms with Gasteiger partial charge in [0.15, 0.2) is 0 Å². The Labute approximate surface area is 100 Å². The van der Waals surface area contributed by atoms with Gasteiger partial charge in [0, 0.05) is 17.8 Å². The van der Waals surface area contributed by atoms with Crippen LogP contribution in [0.25, 0.3) is 21.9 Å². The van der Waals surface area contributed by atoms with E-state index in [2.05, 4.69) is 41.7 Å². The van der Waals surface area contributed by atoms with Crippen molar-refractivity contribution in [3.8, 4) is 0 Å².